The number of unbranched alkanes of at least 4 members (excludes halogenated alkanes) is 2. The van der Waals surface area contributed by atoms with E-state index in [1.165, 1.54) is 25.7 Å². The fourth-order valence-electron chi connectivity index (χ4n) is 1.58. The van der Waals surface area contributed by atoms with E-state index in [1.807, 2.05) is 0 Å². The van der Waals surface area contributed by atoms with Crippen molar-refractivity contribution in [3.63, 3.8) is 0 Å². The molecule has 0 aromatic carbocycles. The average Bonchev–Trinajstić information content (AvgIpc) is 2.23. The lowest BCUT2D eigenvalue weighted by molar-refractivity contribution is 0.0115. The summed E-state index contributed by atoms with van der Waals surface area (Å²) in [5.41, 5.74) is 2.87. The summed E-state index contributed by atoms with van der Waals surface area (Å²) in [6.07, 6.45) is 7.13. The minimum Gasteiger partial charge on any atom is -0.379 e. The van der Waals surface area contributed by atoms with Crippen molar-refractivity contribution >= 4 is 0 Å². The van der Waals surface area contributed by atoms with E-state index in [2.05, 4.69) is 26.2 Å². The van der Waals surface area contributed by atoms with E-state index in [9.17, 15) is 0 Å². The second-order valence-electron chi connectivity index (χ2n) is 4.86. The lowest BCUT2D eigenvalue weighted by Crippen LogP contribution is -2.37. The molecule has 3 nitrogen and oxygen atoms in total. The standard InChI is InChI=1S/C12H28N2O/c1-5-6-7-8-11(14-13)9-10-12(2,3)15-4/h11,14H,5-10,13H2,1-4H3. The molecule has 0 bridgehead atoms. The summed E-state index contributed by atoms with van der Waals surface area (Å²) in [5.74, 6) is 5.53. The smallest absolute Gasteiger partial charge is 0.0623 e. The molecular formula is C12H28N2O. The number of hydrazine groups is 1. The fourth-order valence-corrected chi connectivity index (χ4v) is 1.58. The lowest BCUT2D eigenvalue weighted by Gasteiger charge is -2.25. The minimum atomic E-state index is -0.0279. The topological polar surface area (TPSA) is 47.3 Å². The second kappa shape index (κ2) is 8.08. The van der Waals surface area contributed by atoms with Gasteiger partial charge in [-0.25, -0.2) is 0 Å². The molecule has 0 aliphatic rings. The second-order valence-corrected chi connectivity index (χ2v) is 4.86. The van der Waals surface area contributed by atoms with Crippen molar-refractivity contribution in [1.29, 1.82) is 0 Å². The molecule has 1 unspecified atom stereocenters. The lowest BCUT2D eigenvalue weighted by atomic mass is 9.96. The summed E-state index contributed by atoms with van der Waals surface area (Å²) in [5, 5.41) is 0. The number of nitrogens with one attached hydrogen (secondary N) is 1. The molecule has 0 radical (unpaired) electrons. The summed E-state index contributed by atoms with van der Waals surface area (Å²) in [4.78, 5) is 0. The van der Waals surface area contributed by atoms with Crippen LogP contribution in [-0.2, 0) is 4.74 Å². The van der Waals surface area contributed by atoms with Crippen LogP contribution < -0.4 is 11.3 Å². The normalized spacial score (nSPS) is 14.2. The maximum absolute atomic E-state index is 5.53. The Bertz CT molecular complexity index is 149. The molecule has 3 N–H and O–H groups in total. The number of hydrogen-bond donors (Lipinski definition) is 2. The quantitative estimate of drug-likeness (QED) is 0.354. The Morgan fingerprint density at radius 2 is 1.93 bits per heavy atom. The Labute approximate surface area is 94.7 Å². The van der Waals surface area contributed by atoms with Gasteiger partial charge in [0, 0.05) is 13.2 Å². The van der Waals surface area contributed by atoms with Crippen molar-refractivity contribution in [2.45, 2.75) is 70.9 Å². The molecule has 0 rings (SSSR count). The molecule has 0 aromatic rings. The molecule has 3 heteroatoms. The first-order chi connectivity index (χ1) is 7.05. The van der Waals surface area contributed by atoms with Crippen LogP contribution in [0.3, 0.4) is 0 Å². The number of methoxy groups -OCH3 is 1. The molecule has 0 aliphatic carbocycles. The Morgan fingerprint density at radius 3 is 2.40 bits per heavy atom. The summed E-state index contributed by atoms with van der Waals surface area (Å²) < 4.78 is 5.39. The molecule has 0 amide bonds. The fraction of sp³-hybridized carbons (Fsp3) is 1.00. The highest BCUT2D eigenvalue weighted by atomic mass is 16.5. The van der Waals surface area contributed by atoms with Gasteiger partial charge < -0.3 is 4.74 Å². The van der Waals surface area contributed by atoms with E-state index < -0.39 is 0 Å². The van der Waals surface area contributed by atoms with Crippen LogP contribution in [0.15, 0.2) is 0 Å². The Morgan fingerprint density at radius 1 is 1.27 bits per heavy atom. The van der Waals surface area contributed by atoms with Gasteiger partial charge in [-0.3, -0.25) is 11.3 Å². The van der Waals surface area contributed by atoms with Crippen LogP contribution in [0.1, 0.15) is 59.3 Å². The van der Waals surface area contributed by atoms with E-state index in [0.717, 1.165) is 12.8 Å². The molecule has 1 atom stereocenters. The van der Waals surface area contributed by atoms with Gasteiger partial charge >= 0.3 is 0 Å². The molecule has 92 valence electrons. The molecule has 0 saturated heterocycles. The Balaban J connectivity index is 3.69. The molecular weight excluding hydrogens is 188 g/mol. The predicted octanol–water partition coefficient (Wildman–Crippen LogP) is 2.60. The van der Waals surface area contributed by atoms with Gasteiger partial charge in [-0.05, 0) is 33.1 Å². The van der Waals surface area contributed by atoms with Crippen molar-refractivity contribution in [3.8, 4) is 0 Å². The highest BCUT2D eigenvalue weighted by Crippen LogP contribution is 2.18. The first kappa shape index (κ1) is 14.9. The molecule has 0 aromatic heterocycles. The number of rotatable bonds is 9. The SMILES string of the molecule is CCCCCC(CCC(C)(C)OC)NN. The molecule has 0 aliphatic heterocycles. The van der Waals surface area contributed by atoms with Gasteiger partial charge in [-0.15, -0.1) is 0 Å². The summed E-state index contributed by atoms with van der Waals surface area (Å²) in [6.45, 7) is 6.46. The van der Waals surface area contributed by atoms with Crippen LogP contribution >= 0.6 is 0 Å². The van der Waals surface area contributed by atoms with Gasteiger partial charge in [0.1, 0.15) is 0 Å². The van der Waals surface area contributed by atoms with E-state index >= 15 is 0 Å². The van der Waals surface area contributed by atoms with Crippen LogP contribution in [0, 0.1) is 0 Å². The monoisotopic (exact) mass is 216 g/mol. The van der Waals surface area contributed by atoms with Crippen LogP contribution in [0.25, 0.3) is 0 Å². The van der Waals surface area contributed by atoms with Crippen molar-refractivity contribution in [2.75, 3.05) is 7.11 Å². The Kier molecular flexibility index (Phi) is 8.02. The first-order valence-electron chi connectivity index (χ1n) is 6.07. The van der Waals surface area contributed by atoms with Crippen LogP contribution in [0.2, 0.25) is 0 Å². The highest BCUT2D eigenvalue weighted by Gasteiger charge is 2.18. The Hall–Kier alpha value is -0.120. The highest BCUT2D eigenvalue weighted by molar-refractivity contribution is 4.73. The van der Waals surface area contributed by atoms with Crippen molar-refractivity contribution in [2.24, 2.45) is 5.84 Å². The average molecular weight is 216 g/mol. The number of ether oxygens (including phenoxy) is 1. The van der Waals surface area contributed by atoms with E-state index in [-0.39, 0.29) is 5.60 Å². The maximum atomic E-state index is 5.53. The number of hydrogen-bond acceptors (Lipinski definition) is 3. The largest absolute Gasteiger partial charge is 0.379 e. The first-order valence-corrected chi connectivity index (χ1v) is 6.07. The minimum absolute atomic E-state index is 0.0279. The molecule has 0 saturated carbocycles. The van der Waals surface area contributed by atoms with Crippen LogP contribution in [0.4, 0.5) is 0 Å². The van der Waals surface area contributed by atoms with Gasteiger partial charge in [-0.2, -0.15) is 0 Å². The molecule has 0 spiro atoms. The van der Waals surface area contributed by atoms with E-state index in [1.54, 1.807) is 7.11 Å². The summed E-state index contributed by atoms with van der Waals surface area (Å²) in [7, 11) is 1.77. The van der Waals surface area contributed by atoms with E-state index in [0.29, 0.717) is 6.04 Å². The molecule has 0 fully saturated rings. The summed E-state index contributed by atoms with van der Waals surface area (Å²) in [6, 6.07) is 0.436. The summed E-state index contributed by atoms with van der Waals surface area (Å²) >= 11 is 0. The molecule has 0 heterocycles. The zero-order valence-corrected chi connectivity index (χ0v) is 10.8. The van der Waals surface area contributed by atoms with Gasteiger partial charge in [0.25, 0.3) is 0 Å². The zero-order chi connectivity index (χ0) is 11.7. The predicted molar refractivity (Wildman–Crippen MR) is 65.6 cm³/mol. The van der Waals surface area contributed by atoms with Gasteiger partial charge in [0.15, 0.2) is 0 Å². The third kappa shape index (κ3) is 7.77. The van der Waals surface area contributed by atoms with Crippen LogP contribution in [-0.4, -0.2) is 18.8 Å². The third-order valence-corrected chi connectivity index (χ3v) is 3.04. The zero-order valence-electron chi connectivity index (χ0n) is 10.8. The third-order valence-electron chi connectivity index (χ3n) is 3.04. The van der Waals surface area contributed by atoms with Crippen LogP contribution in [0.5, 0.6) is 0 Å². The van der Waals surface area contributed by atoms with Crippen molar-refractivity contribution < 1.29 is 4.74 Å². The van der Waals surface area contributed by atoms with Gasteiger partial charge in [-0.1, -0.05) is 26.2 Å². The van der Waals surface area contributed by atoms with Crippen molar-refractivity contribution in [3.05, 3.63) is 0 Å². The van der Waals surface area contributed by atoms with Crippen molar-refractivity contribution in [1.82, 2.24) is 5.43 Å². The molecule has 15 heavy (non-hydrogen) atoms. The number of nitrogens with two attached hydrogens (primary N) is 1. The van der Waals surface area contributed by atoms with Gasteiger partial charge in [0.05, 0.1) is 5.60 Å². The maximum Gasteiger partial charge on any atom is 0.0623 e. The van der Waals surface area contributed by atoms with Gasteiger partial charge in [0.2, 0.25) is 0 Å². The van der Waals surface area contributed by atoms with E-state index in [4.69, 9.17) is 10.6 Å².